The first-order chi connectivity index (χ1) is 12.1. The molecule has 0 aliphatic carbocycles. The molecule has 0 amide bonds. The van der Waals surface area contributed by atoms with Crippen LogP contribution in [0.5, 0.6) is 0 Å². The Labute approximate surface area is 143 Å². The molecule has 0 fully saturated rings. The van der Waals surface area contributed by atoms with Gasteiger partial charge in [0.15, 0.2) is 5.92 Å². The van der Waals surface area contributed by atoms with E-state index in [4.69, 9.17) is 4.74 Å². The topological polar surface area (TPSA) is 105 Å². The van der Waals surface area contributed by atoms with E-state index in [0.717, 1.165) is 5.39 Å². The fraction of sp³-hybridized carbons (Fsp3) is 0.222. The number of H-pyrrole nitrogens is 1. The van der Waals surface area contributed by atoms with Gasteiger partial charge in [-0.05, 0) is 36.2 Å². The Kier molecular flexibility index (Phi) is 4.74. The molecule has 0 aliphatic heterocycles. The Morgan fingerprint density at radius 1 is 1.28 bits per heavy atom. The molecule has 3 rings (SSSR count). The number of rotatable bonds is 6. The largest absolute Gasteiger partial charge is 0.481 e. The molecule has 3 aromatic rings. The summed E-state index contributed by atoms with van der Waals surface area (Å²) in [6.45, 7) is 1.75. The highest BCUT2D eigenvalue weighted by molar-refractivity contribution is 5.97. The number of aromatic amines is 1. The fourth-order valence-corrected chi connectivity index (χ4v) is 2.96. The smallest absolute Gasteiger partial charge is 0.321 e. The van der Waals surface area contributed by atoms with Crippen molar-refractivity contribution in [1.82, 2.24) is 15.0 Å². The zero-order chi connectivity index (χ0) is 17.8. The number of nitrogens with zero attached hydrogens (tertiary/aromatic N) is 2. The summed E-state index contributed by atoms with van der Waals surface area (Å²) in [7, 11) is 0. The molecule has 2 N–H and O–H groups in total. The van der Waals surface area contributed by atoms with Crippen LogP contribution in [-0.4, -0.2) is 38.6 Å². The van der Waals surface area contributed by atoms with Gasteiger partial charge in [-0.2, -0.15) is 0 Å². The van der Waals surface area contributed by atoms with Crippen molar-refractivity contribution in [1.29, 1.82) is 0 Å². The number of nitrogens with one attached hydrogen (secondary N) is 1. The second-order valence-electron chi connectivity index (χ2n) is 5.48. The number of fused-ring (bicyclic) bond motifs is 1. The van der Waals surface area contributed by atoms with Crippen LogP contribution >= 0.6 is 0 Å². The highest BCUT2D eigenvalue weighted by Gasteiger charge is 2.39. The molecular formula is C18H17N3O4. The molecule has 2 unspecified atom stereocenters. The van der Waals surface area contributed by atoms with Crippen LogP contribution in [0.2, 0.25) is 0 Å². The van der Waals surface area contributed by atoms with Crippen molar-refractivity contribution in [3.8, 4) is 0 Å². The first kappa shape index (κ1) is 16.6. The van der Waals surface area contributed by atoms with E-state index < -0.39 is 23.8 Å². The number of aromatic nitrogens is 3. The average molecular weight is 339 g/mol. The molecular weight excluding hydrogens is 322 g/mol. The number of carbonyl (C=O) groups excluding carboxylic acids is 1. The third-order valence-corrected chi connectivity index (χ3v) is 4.00. The van der Waals surface area contributed by atoms with Crippen LogP contribution in [0.15, 0.2) is 49.1 Å². The molecule has 0 aromatic carbocycles. The second kappa shape index (κ2) is 7.12. The van der Waals surface area contributed by atoms with Gasteiger partial charge < -0.3 is 14.8 Å². The van der Waals surface area contributed by atoms with Crippen LogP contribution < -0.4 is 0 Å². The average Bonchev–Trinajstić information content (AvgIpc) is 3.04. The lowest BCUT2D eigenvalue weighted by Gasteiger charge is -2.22. The first-order valence-electron chi connectivity index (χ1n) is 7.84. The van der Waals surface area contributed by atoms with Crippen molar-refractivity contribution >= 4 is 23.0 Å². The van der Waals surface area contributed by atoms with E-state index in [0.29, 0.717) is 16.8 Å². The predicted molar refractivity (Wildman–Crippen MR) is 89.9 cm³/mol. The van der Waals surface area contributed by atoms with Crippen molar-refractivity contribution in [3.05, 3.63) is 60.2 Å². The van der Waals surface area contributed by atoms with Gasteiger partial charge in [0.05, 0.1) is 6.61 Å². The third kappa shape index (κ3) is 3.21. The molecule has 128 valence electrons. The van der Waals surface area contributed by atoms with E-state index >= 15 is 0 Å². The molecule has 2 atom stereocenters. The minimum absolute atomic E-state index is 0.109. The van der Waals surface area contributed by atoms with Gasteiger partial charge in [-0.25, -0.2) is 4.98 Å². The van der Waals surface area contributed by atoms with E-state index in [1.54, 1.807) is 49.9 Å². The number of pyridine rings is 2. The lowest BCUT2D eigenvalue weighted by molar-refractivity contribution is -0.159. The van der Waals surface area contributed by atoms with Crippen molar-refractivity contribution < 1.29 is 19.4 Å². The van der Waals surface area contributed by atoms with Crippen LogP contribution in [0.1, 0.15) is 24.0 Å². The van der Waals surface area contributed by atoms with Gasteiger partial charge in [0.2, 0.25) is 0 Å². The monoisotopic (exact) mass is 339 g/mol. The first-order valence-corrected chi connectivity index (χ1v) is 7.84. The summed E-state index contributed by atoms with van der Waals surface area (Å²) in [6.07, 6.45) is 6.48. The molecule has 7 heteroatoms. The van der Waals surface area contributed by atoms with Crippen molar-refractivity contribution in [3.63, 3.8) is 0 Å². The standard InChI is InChI=1S/C18H17N3O4/c1-2-25-18(24)15(17(22)23)14(11-5-3-7-19-9-11)13-10-21-16-12(13)6-4-8-20-16/h3-10,14-15H,2H2,1H3,(H,20,21)(H,22,23). The van der Waals surface area contributed by atoms with E-state index in [-0.39, 0.29) is 6.61 Å². The third-order valence-electron chi connectivity index (χ3n) is 4.00. The number of aliphatic carboxylic acids is 1. The van der Waals surface area contributed by atoms with Crippen molar-refractivity contribution in [2.24, 2.45) is 5.92 Å². The van der Waals surface area contributed by atoms with Crippen LogP contribution in [0.3, 0.4) is 0 Å². The maximum atomic E-state index is 12.4. The predicted octanol–water partition coefficient (Wildman–Crippen LogP) is 2.35. The molecule has 0 aliphatic rings. The molecule has 25 heavy (non-hydrogen) atoms. The molecule has 0 bridgehead atoms. The van der Waals surface area contributed by atoms with Crippen LogP contribution in [-0.2, 0) is 14.3 Å². The van der Waals surface area contributed by atoms with Crippen LogP contribution in [0, 0.1) is 5.92 Å². The second-order valence-corrected chi connectivity index (χ2v) is 5.48. The molecule has 0 radical (unpaired) electrons. The molecule has 0 saturated heterocycles. The molecule has 7 nitrogen and oxygen atoms in total. The number of carboxylic acids is 1. The summed E-state index contributed by atoms with van der Waals surface area (Å²) in [4.78, 5) is 35.6. The Bertz CT molecular complexity index is 891. The van der Waals surface area contributed by atoms with E-state index in [2.05, 4.69) is 15.0 Å². The number of ether oxygens (including phenoxy) is 1. The molecule has 0 saturated carbocycles. The minimum atomic E-state index is -1.39. The number of hydrogen-bond donors (Lipinski definition) is 2. The number of carbonyl (C=O) groups is 2. The summed E-state index contributed by atoms with van der Waals surface area (Å²) in [5, 5.41) is 10.5. The Morgan fingerprint density at radius 2 is 2.08 bits per heavy atom. The van der Waals surface area contributed by atoms with Gasteiger partial charge in [0.25, 0.3) is 0 Å². The lowest BCUT2D eigenvalue weighted by Crippen LogP contribution is -2.32. The van der Waals surface area contributed by atoms with Crippen LogP contribution in [0.25, 0.3) is 11.0 Å². The van der Waals surface area contributed by atoms with Gasteiger partial charge in [-0.3, -0.25) is 14.6 Å². The lowest BCUT2D eigenvalue weighted by atomic mass is 9.81. The number of carboxylic acid groups (broad SMARTS) is 1. The Morgan fingerprint density at radius 3 is 2.76 bits per heavy atom. The molecule has 0 spiro atoms. The summed E-state index contributed by atoms with van der Waals surface area (Å²) in [5.74, 6) is -4.15. The highest BCUT2D eigenvalue weighted by Crippen LogP contribution is 2.36. The zero-order valence-corrected chi connectivity index (χ0v) is 13.5. The number of hydrogen-bond acceptors (Lipinski definition) is 5. The maximum absolute atomic E-state index is 12.4. The normalized spacial score (nSPS) is 13.3. The Hall–Kier alpha value is -3.22. The Balaban J connectivity index is 2.19. The number of esters is 1. The van der Waals surface area contributed by atoms with Crippen LogP contribution in [0.4, 0.5) is 0 Å². The van der Waals surface area contributed by atoms with Crippen molar-refractivity contribution in [2.75, 3.05) is 6.61 Å². The van der Waals surface area contributed by atoms with Crippen molar-refractivity contribution in [2.45, 2.75) is 12.8 Å². The summed E-state index contributed by atoms with van der Waals surface area (Å²) < 4.78 is 5.01. The maximum Gasteiger partial charge on any atom is 0.321 e. The van der Waals surface area contributed by atoms with Gasteiger partial charge in [0.1, 0.15) is 5.65 Å². The zero-order valence-electron chi connectivity index (χ0n) is 13.5. The van der Waals surface area contributed by atoms with Gasteiger partial charge in [-0.15, -0.1) is 0 Å². The summed E-state index contributed by atoms with van der Waals surface area (Å²) in [5.41, 5.74) is 1.91. The summed E-state index contributed by atoms with van der Waals surface area (Å²) in [6, 6.07) is 7.06. The van der Waals surface area contributed by atoms with E-state index in [1.165, 1.54) is 0 Å². The summed E-state index contributed by atoms with van der Waals surface area (Å²) >= 11 is 0. The highest BCUT2D eigenvalue weighted by atomic mass is 16.5. The minimum Gasteiger partial charge on any atom is -0.481 e. The molecule has 3 aromatic heterocycles. The van der Waals surface area contributed by atoms with Gasteiger partial charge in [0, 0.05) is 36.1 Å². The van der Waals surface area contributed by atoms with E-state index in [1.807, 2.05) is 6.07 Å². The van der Waals surface area contributed by atoms with Gasteiger partial charge >= 0.3 is 11.9 Å². The molecule has 3 heterocycles. The SMILES string of the molecule is CCOC(=O)C(C(=O)O)C(c1cccnc1)c1c[nH]c2ncccc12. The quantitative estimate of drug-likeness (QED) is 0.527. The van der Waals surface area contributed by atoms with Gasteiger partial charge in [-0.1, -0.05) is 6.07 Å². The van der Waals surface area contributed by atoms with E-state index in [9.17, 15) is 14.7 Å². The fourth-order valence-electron chi connectivity index (χ4n) is 2.96.